The molecule has 1 saturated carbocycles. The number of ether oxygens (including phenoxy) is 1. The number of rotatable bonds is 14. The first kappa shape index (κ1) is 25.0. The van der Waals surface area contributed by atoms with Crippen LogP contribution in [0, 0.1) is 23.7 Å². The fourth-order valence-electron chi connectivity index (χ4n) is 4.34. The Morgan fingerprint density at radius 3 is 1.89 bits per heavy atom. The molecule has 0 aliphatic heterocycles. The molecule has 0 aromatic carbocycles. The van der Waals surface area contributed by atoms with Gasteiger partial charge in [-0.15, -0.1) is 0 Å². The van der Waals surface area contributed by atoms with E-state index in [2.05, 4.69) is 27.7 Å². The first-order valence-electron chi connectivity index (χ1n) is 11.7. The number of hydrogen-bond acceptors (Lipinski definition) is 3. The maximum atomic E-state index is 12.7. The van der Waals surface area contributed by atoms with Crippen molar-refractivity contribution in [3.05, 3.63) is 0 Å². The predicted molar refractivity (Wildman–Crippen MR) is 114 cm³/mol. The van der Waals surface area contributed by atoms with Crippen LogP contribution in [0.5, 0.6) is 0 Å². The Labute approximate surface area is 172 Å². The second-order valence-electron chi connectivity index (χ2n) is 9.62. The maximum absolute atomic E-state index is 12.7. The molecule has 0 saturated heterocycles. The summed E-state index contributed by atoms with van der Waals surface area (Å²) in [6.45, 7) is 8.86. The predicted octanol–water partition coefficient (Wildman–Crippen LogP) is 6.61. The van der Waals surface area contributed by atoms with Crippen LogP contribution in [0.2, 0.25) is 0 Å². The van der Waals surface area contributed by atoms with Crippen molar-refractivity contribution in [3.63, 3.8) is 0 Å². The highest BCUT2D eigenvalue weighted by Gasteiger charge is 2.37. The summed E-state index contributed by atoms with van der Waals surface area (Å²) >= 11 is 0. The van der Waals surface area contributed by atoms with Crippen molar-refractivity contribution >= 4 is 11.9 Å². The van der Waals surface area contributed by atoms with Crippen LogP contribution in [0.4, 0.5) is 0 Å². The van der Waals surface area contributed by atoms with E-state index in [1.165, 1.54) is 38.5 Å². The van der Waals surface area contributed by atoms with Crippen molar-refractivity contribution in [1.29, 1.82) is 0 Å². The van der Waals surface area contributed by atoms with Crippen molar-refractivity contribution in [2.75, 3.05) is 0 Å². The number of carboxylic acids is 1. The molecule has 0 aromatic rings. The smallest absolute Gasteiger partial charge is 0.310 e. The molecule has 0 spiro atoms. The quantitative estimate of drug-likeness (QED) is 0.265. The molecular formula is C24H44O4. The van der Waals surface area contributed by atoms with Crippen molar-refractivity contribution in [1.82, 2.24) is 0 Å². The summed E-state index contributed by atoms with van der Waals surface area (Å²) in [7, 11) is 0. The van der Waals surface area contributed by atoms with E-state index >= 15 is 0 Å². The van der Waals surface area contributed by atoms with E-state index in [0.717, 1.165) is 38.0 Å². The molecule has 0 amide bonds. The Hall–Kier alpha value is -1.06. The fraction of sp³-hybridized carbons (Fsp3) is 0.917. The Kier molecular flexibility index (Phi) is 12.5. The van der Waals surface area contributed by atoms with E-state index < -0.39 is 17.8 Å². The molecule has 28 heavy (non-hydrogen) atoms. The number of unbranched alkanes of at least 4 members (excludes halogenated alkanes) is 5. The third-order valence-corrected chi connectivity index (χ3v) is 5.96. The van der Waals surface area contributed by atoms with Crippen LogP contribution in [-0.4, -0.2) is 23.1 Å². The molecule has 0 heterocycles. The van der Waals surface area contributed by atoms with Crippen molar-refractivity contribution in [2.45, 2.75) is 117 Å². The summed E-state index contributed by atoms with van der Waals surface area (Å²) in [4.78, 5) is 24.2. The first-order chi connectivity index (χ1) is 13.3. The van der Waals surface area contributed by atoms with Gasteiger partial charge in [0.05, 0.1) is 11.8 Å². The van der Waals surface area contributed by atoms with Crippen molar-refractivity contribution in [3.8, 4) is 0 Å². The lowest BCUT2D eigenvalue weighted by atomic mass is 9.79. The molecule has 4 nitrogen and oxygen atoms in total. The van der Waals surface area contributed by atoms with Crippen LogP contribution in [0.3, 0.4) is 0 Å². The molecular weight excluding hydrogens is 352 g/mol. The van der Waals surface area contributed by atoms with Crippen LogP contribution < -0.4 is 0 Å². The van der Waals surface area contributed by atoms with Gasteiger partial charge in [-0.3, -0.25) is 9.59 Å². The van der Waals surface area contributed by atoms with Crippen molar-refractivity contribution < 1.29 is 19.4 Å². The summed E-state index contributed by atoms with van der Waals surface area (Å²) in [6, 6.07) is 0. The highest BCUT2D eigenvalue weighted by Crippen LogP contribution is 2.32. The van der Waals surface area contributed by atoms with Gasteiger partial charge in [-0.05, 0) is 43.9 Å². The zero-order valence-electron chi connectivity index (χ0n) is 18.8. The van der Waals surface area contributed by atoms with Gasteiger partial charge in [0.15, 0.2) is 0 Å². The average Bonchev–Trinajstić information content (AvgIpc) is 2.62. The second-order valence-corrected chi connectivity index (χ2v) is 9.62. The van der Waals surface area contributed by atoms with Crippen LogP contribution in [0.1, 0.15) is 111 Å². The second kappa shape index (κ2) is 14.0. The topological polar surface area (TPSA) is 63.6 Å². The Balaban J connectivity index is 2.37. The molecule has 3 atom stereocenters. The van der Waals surface area contributed by atoms with Gasteiger partial charge < -0.3 is 9.84 Å². The van der Waals surface area contributed by atoms with Crippen LogP contribution in [0.25, 0.3) is 0 Å². The Bertz CT molecular complexity index is 444. The Morgan fingerprint density at radius 1 is 0.821 bits per heavy atom. The molecule has 0 bridgehead atoms. The molecule has 1 N–H and O–H groups in total. The SMILES string of the molecule is CC(C)CCCCCCCCC(CC(C)C)OC(=O)C1CCCCC1C(=O)O. The minimum absolute atomic E-state index is 0.0650. The van der Waals surface area contributed by atoms with Gasteiger partial charge in [-0.1, -0.05) is 79.1 Å². The number of esters is 1. The highest BCUT2D eigenvalue weighted by molar-refractivity contribution is 5.81. The molecule has 1 fully saturated rings. The lowest BCUT2D eigenvalue weighted by Crippen LogP contribution is -2.35. The number of aliphatic carboxylic acids is 1. The molecule has 0 aromatic heterocycles. The van der Waals surface area contributed by atoms with Gasteiger partial charge in [0.1, 0.15) is 6.10 Å². The zero-order chi connectivity index (χ0) is 20.9. The van der Waals surface area contributed by atoms with E-state index in [1.807, 2.05) is 0 Å². The minimum Gasteiger partial charge on any atom is -0.481 e. The molecule has 1 rings (SSSR count). The van der Waals surface area contributed by atoms with Gasteiger partial charge in [0.2, 0.25) is 0 Å². The van der Waals surface area contributed by atoms with E-state index in [9.17, 15) is 14.7 Å². The maximum Gasteiger partial charge on any atom is 0.310 e. The van der Waals surface area contributed by atoms with E-state index in [1.54, 1.807) is 0 Å². The summed E-state index contributed by atoms with van der Waals surface area (Å²) < 4.78 is 5.85. The van der Waals surface area contributed by atoms with Crippen LogP contribution in [-0.2, 0) is 14.3 Å². The van der Waals surface area contributed by atoms with Crippen LogP contribution in [0.15, 0.2) is 0 Å². The molecule has 1 aliphatic carbocycles. The van der Waals surface area contributed by atoms with Gasteiger partial charge in [0.25, 0.3) is 0 Å². The number of hydrogen-bond donors (Lipinski definition) is 1. The minimum atomic E-state index is -0.848. The van der Waals surface area contributed by atoms with Crippen molar-refractivity contribution in [2.24, 2.45) is 23.7 Å². The summed E-state index contributed by atoms with van der Waals surface area (Å²) in [5.41, 5.74) is 0. The highest BCUT2D eigenvalue weighted by atomic mass is 16.5. The summed E-state index contributed by atoms with van der Waals surface area (Å²) in [5.74, 6) is -0.869. The van der Waals surface area contributed by atoms with Gasteiger partial charge in [0, 0.05) is 0 Å². The third-order valence-electron chi connectivity index (χ3n) is 5.96. The Morgan fingerprint density at radius 2 is 1.36 bits per heavy atom. The van der Waals surface area contributed by atoms with Gasteiger partial charge in [-0.25, -0.2) is 0 Å². The average molecular weight is 397 g/mol. The fourth-order valence-corrected chi connectivity index (χ4v) is 4.34. The summed E-state index contributed by atoms with van der Waals surface area (Å²) in [5, 5.41) is 9.42. The molecule has 4 heteroatoms. The molecule has 164 valence electrons. The standard InChI is InChI=1S/C24H44O4/c1-18(2)13-9-7-5-6-8-10-14-20(17-19(3)4)28-24(27)22-16-12-11-15-21(22)23(25)26/h18-22H,5-17H2,1-4H3,(H,25,26). The lowest BCUT2D eigenvalue weighted by molar-refractivity contribution is -0.164. The molecule has 0 radical (unpaired) electrons. The largest absolute Gasteiger partial charge is 0.481 e. The van der Waals surface area contributed by atoms with E-state index in [0.29, 0.717) is 18.8 Å². The first-order valence-corrected chi connectivity index (χ1v) is 11.7. The van der Waals surface area contributed by atoms with E-state index in [4.69, 9.17) is 4.74 Å². The zero-order valence-corrected chi connectivity index (χ0v) is 18.8. The number of carbonyl (C=O) groups excluding carboxylic acids is 1. The molecule has 1 aliphatic rings. The number of carbonyl (C=O) groups is 2. The van der Waals surface area contributed by atoms with Crippen LogP contribution >= 0.6 is 0 Å². The normalized spacial score (nSPS) is 21.1. The van der Waals surface area contributed by atoms with E-state index in [-0.39, 0.29) is 12.1 Å². The monoisotopic (exact) mass is 396 g/mol. The van der Waals surface area contributed by atoms with Gasteiger partial charge >= 0.3 is 11.9 Å². The third kappa shape index (κ3) is 10.5. The molecule has 3 unspecified atom stereocenters. The lowest BCUT2D eigenvalue weighted by Gasteiger charge is -2.29. The summed E-state index contributed by atoms with van der Waals surface area (Å²) in [6.07, 6.45) is 13.6. The number of carboxylic acid groups (broad SMARTS) is 1. The van der Waals surface area contributed by atoms with Gasteiger partial charge in [-0.2, -0.15) is 0 Å².